The quantitative estimate of drug-likeness (QED) is 0.783. The van der Waals surface area contributed by atoms with E-state index in [9.17, 15) is 13.9 Å². The molecule has 1 nitrogen and oxygen atoms in total. The van der Waals surface area contributed by atoms with Crippen molar-refractivity contribution in [2.24, 2.45) is 5.92 Å². The van der Waals surface area contributed by atoms with Gasteiger partial charge < -0.3 is 5.11 Å². The number of allylic oxidation sites excluding steroid dienone is 2. The second-order valence-electron chi connectivity index (χ2n) is 6.35. The molecule has 0 aliphatic heterocycles. The summed E-state index contributed by atoms with van der Waals surface area (Å²) in [7, 11) is 0. The molecule has 1 aromatic carbocycles. The number of rotatable bonds is 2. The first kappa shape index (κ1) is 14.7. The van der Waals surface area contributed by atoms with Crippen molar-refractivity contribution >= 4 is 0 Å². The van der Waals surface area contributed by atoms with Crippen LogP contribution in [-0.4, -0.2) is 11.2 Å². The van der Waals surface area contributed by atoms with Crippen molar-refractivity contribution in [2.45, 2.75) is 57.0 Å². The molecule has 1 fully saturated rings. The summed E-state index contributed by atoms with van der Waals surface area (Å²) in [6.07, 6.45) is 8.49. The Morgan fingerprint density at radius 2 is 1.90 bits per heavy atom. The molecule has 2 aliphatic carbocycles. The molecule has 3 rings (SSSR count). The Bertz CT molecular complexity index is 538. The zero-order valence-corrected chi connectivity index (χ0v) is 12.2. The van der Waals surface area contributed by atoms with E-state index in [1.54, 1.807) is 12.1 Å². The summed E-state index contributed by atoms with van der Waals surface area (Å²) in [4.78, 5) is 0. The van der Waals surface area contributed by atoms with Crippen LogP contribution in [0.15, 0.2) is 29.8 Å². The average Bonchev–Trinajstić information content (AvgIpc) is 2.51. The van der Waals surface area contributed by atoms with Crippen LogP contribution in [-0.2, 0) is 0 Å². The molecule has 0 bridgehead atoms. The van der Waals surface area contributed by atoms with Gasteiger partial charge in [0.15, 0.2) is 11.6 Å². The van der Waals surface area contributed by atoms with Gasteiger partial charge >= 0.3 is 0 Å². The topological polar surface area (TPSA) is 20.2 Å². The Kier molecular flexibility index (Phi) is 4.39. The van der Waals surface area contributed by atoms with Gasteiger partial charge in [-0.1, -0.05) is 23.8 Å². The largest absolute Gasteiger partial charge is 0.393 e. The SMILES string of the molecule is OC1CCC(c2cccc(F)c2F)C(C2=CCCCC2)C1. The molecule has 3 unspecified atom stereocenters. The van der Waals surface area contributed by atoms with Crippen molar-refractivity contribution in [2.75, 3.05) is 0 Å². The fourth-order valence-electron chi connectivity index (χ4n) is 3.94. The monoisotopic (exact) mass is 292 g/mol. The van der Waals surface area contributed by atoms with Gasteiger partial charge in [-0.15, -0.1) is 0 Å². The van der Waals surface area contributed by atoms with E-state index in [1.807, 2.05) is 0 Å². The minimum atomic E-state index is -0.769. The van der Waals surface area contributed by atoms with Gasteiger partial charge in [-0.2, -0.15) is 0 Å². The average molecular weight is 292 g/mol. The smallest absolute Gasteiger partial charge is 0.162 e. The lowest BCUT2D eigenvalue weighted by molar-refractivity contribution is 0.0972. The van der Waals surface area contributed by atoms with Crippen molar-refractivity contribution in [3.63, 3.8) is 0 Å². The molecule has 114 valence electrons. The van der Waals surface area contributed by atoms with Crippen molar-refractivity contribution in [3.05, 3.63) is 47.0 Å². The van der Waals surface area contributed by atoms with E-state index < -0.39 is 11.6 Å². The van der Waals surface area contributed by atoms with Gasteiger partial charge in [0.25, 0.3) is 0 Å². The molecule has 2 aliphatic rings. The number of hydrogen-bond acceptors (Lipinski definition) is 1. The molecule has 21 heavy (non-hydrogen) atoms. The maximum Gasteiger partial charge on any atom is 0.162 e. The maximum absolute atomic E-state index is 14.2. The normalized spacial score (nSPS) is 30.0. The van der Waals surface area contributed by atoms with Crippen molar-refractivity contribution in [3.8, 4) is 0 Å². The summed E-state index contributed by atoms with van der Waals surface area (Å²) in [5.41, 5.74) is 1.83. The third-order valence-corrected chi connectivity index (χ3v) is 5.01. The maximum atomic E-state index is 14.2. The minimum Gasteiger partial charge on any atom is -0.393 e. The van der Waals surface area contributed by atoms with E-state index >= 15 is 0 Å². The number of aliphatic hydroxyl groups excluding tert-OH is 1. The van der Waals surface area contributed by atoms with Crippen LogP contribution in [0.2, 0.25) is 0 Å². The zero-order chi connectivity index (χ0) is 14.8. The van der Waals surface area contributed by atoms with Gasteiger partial charge in [0, 0.05) is 0 Å². The van der Waals surface area contributed by atoms with Crippen molar-refractivity contribution in [1.82, 2.24) is 0 Å². The second-order valence-corrected chi connectivity index (χ2v) is 6.35. The Labute approximate surface area is 124 Å². The molecule has 1 saturated carbocycles. The predicted octanol–water partition coefficient (Wildman–Crippen LogP) is 4.71. The van der Waals surface area contributed by atoms with Gasteiger partial charge in [-0.25, -0.2) is 8.78 Å². The zero-order valence-electron chi connectivity index (χ0n) is 12.2. The molecule has 0 radical (unpaired) electrons. The molecule has 1 aromatic rings. The molecule has 0 heterocycles. The van der Waals surface area contributed by atoms with Crippen LogP contribution in [0.25, 0.3) is 0 Å². The molecule has 0 amide bonds. The van der Waals surface area contributed by atoms with Crippen LogP contribution in [0.4, 0.5) is 8.78 Å². The fraction of sp³-hybridized carbons (Fsp3) is 0.556. The third-order valence-electron chi connectivity index (χ3n) is 5.01. The van der Waals surface area contributed by atoms with Crippen LogP contribution >= 0.6 is 0 Å². The van der Waals surface area contributed by atoms with Gasteiger partial charge in [0.1, 0.15) is 0 Å². The van der Waals surface area contributed by atoms with Crippen LogP contribution in [0.3, 0.4) is 0 Å². The van der Waals surface area contributed by atoms with Gasteiger partial charge in [-0.3, -0.25) is 0 Å². The number of benzene rings is 1. The second kappa shape index (κ2) is 6.27. The summed E-state index contributed by atoms with van der Waals surface area (Å²) in [5, 5.41) is 10.0. The highest BCUT2D eigenvalue weighted by Crippen LogP contribution is 2.45. The molecular weight excluding hydrogens is 270 g/mol. The standard InChI is InChI=1S/C18H22F2O/c19-17-8-4-7-15(18(17)20)14-10-9-13(21)11-16(14)12-5-2-1-3-6-12/h4-5,7-8,13-14,16,21H,1-3,6,9-11H2. The van der Waals surface area contributed by atoms with E-state index in [1.165, 1.54) is 18.1 Å². The molecule has 0 aromatic heterocycles. The third kappa shape index (κ3) is 3.03. The lowest BCUT2D eigenvalue weighted by atomic mass is 9.69. The highest BCUT2D eigenvalue weighted by Gasteiger charge is 2.35. The van der Waals surface area contributed by atoms with E-state index in [0.717, 1.165) is 25.7 Å². The Balaban J connectivity index is 1.94. The number of aliphatic hydroxyl groups is 1. The Hall–Kier alpha value is -1.22. The lowest BCUT2D eigenvalue weighted by Gasteiger charge is -2.37. The minimum absolute atomic E-state index is 0.00606. The highest BCUT2D eigenvalue weighted by molar-refractivity contribution is 5.28. The summed E-state index contributed by atoms with van der Waals surface area (Å²) < 4.78 is 27.7. The van der Waals surface area contributed by atoms with Gasteiger partial charge in [-0.05, 0) is 68.4 Å². The summed E-state index contributed by atoms with van der Waals surface area (Å²) in [5.74, 6) is -1.32. The lowest BCUT2D eigenvalue weighted by Crippen LogP contribution is -2.29. The van der Waals surface area contributed by atoms with Crippen molar-refractivity contribution in [1.29, 1.82) is 0 Å². The van der Waals surface area contributed by atoms with Crippen molar-refractivity contribution < 1.29 is 13.9 Å². The number of halogens is 2. The summed E-state index contributed by atoms with van der Waals surface area (Å²) >= 11 is 0. The van der Waals surface area contributed by atoms with Crippen LogP contribution < -0.4 is 0 Å². The van der Waals surface area contributed by atoms with Crippen LogP contribution in [0.5, 0.6) is 0 Å². The Morgan fingerprint density at radius 3 is 2.67 bits per heavy atom. The van der Waals surface area contributed by atoms with E-state index in [2.05, 4.69) is 6.08 Å². The van der Waals surface area contributed by atoms with Gasteiger partial charge in [0.2, 0.25) is 0 Å². The van der Waals surface area contributed by atoms with Gasteiger partial charge in [0.05, 0.1) is 6.10 Å². The highest BCUT2D eigenvalue weighted by atomic mass is 19.2. The summed E-state index contributed by atoms with van der Waals surface area (Å²) in [6.45, 7) is 0. The molecule has 3 atom stereocenters. The first-order valence-electron chi connectivity index (χ1n) is 7.97. The number of hydrogen-bond donors (Lipinski definition) is 1. The van der Waals surface area contributed by atoms with Crippen LogP contribution in [0.1, 0.15) is 56.4 Å². The Morgan fingerprint density at radius 1 is 1.05 bits per heavy atom. The molecule has 1 N–H and O–H groups in total. The van der Waals surface area contributed by atoms with E-state index in [4.69, 9.17) is 0 Å². The fourth-order valence-corrected chi connectivity index (χ4v) is 3.94. The molecule has 0 saturated heterocycles. The predicted molar refractivity (Wildman–Crippen MR) is 79.0 cm³/mol. The van der Waals surface area contributed by atoms with E-state index in [-0.39, 0.29) is 17.9 Å². The first-order valence-corrected chi connectivity index (χ1v) is 7.97. The van der Waals surface area contributed by atoms with Crippen LogP contribution in [0, 0.1) is 17.6 Å². The molecule has 3 heteroatoms. The first-order chi connectivity index (χ1) is 10.2. The van der Waals surface area contributed by atoms with E-state index in [0.29, 0.717) is 18.4 Å². The molecule has 0 spiro atoms. The molecular formula is C18H22F2O. The summed E-state index contributed by atoms with van der Waals surface area (Å²) in [6, 6.07) is 4.47.